The lowest BCUT2D eigenvalue weighted by molar-refractivity contribution is -0.0337. The Labute approximate surface area is 106 Å². The van der Waals surface area contributed by atoms with E-state index in [0.29, 0.717) is 12.0 Å². The van der Waals surface area contributed by atoms with Crippen molar-refractivity contribution in [1.29, 1.82) is 0 Å². The number of ether oxygens (including phenoxy) is 2. The molecule has 0 aromatic heterocycles. The molecule has 0 aromatic rings. The highest BCUT2D eigenvalue weighted by molar-refractivity contribution is 4.79. The van der Waals surface area contributed by atoms with Gasteiger partial charge in [-0.2, -0.15) is 0 Å². The second kappa shape index (κ2) is 7.34. The molecular weight excluding hydrogens is 214 g/mol. The maximum Gasteiger partial charge on any atom is 0.0629 e. The maximum absolute atomic E-state index is 5.94. The Bertz CT molecular complexity index is 195. The molecule has 0 bridgehead atoms. The molecule has 0 amide bonds. The third-order valence-electron chi connectivity index (χ3n) is 3.19. The van der Waals surface area contributed by atoms with Crippen molar-refractivity contribution in [1.82, 2.24) is 5.32 Å². The van der Waals surface area contributed by atoms with Gasteiger partial charge in [0.25, 0.3) is 0 Å². The molecule has 0 spiro atoms. The van der Waals surface area contributed by atoms with Crippen molar-refractivity contribution in [2.24, 2.45) is 5.92 Å². The molecule has 1 heterocycles. The third-order valence-corrected chi connectivity index (χ3v) is 3.19. The summed E-state index contributed by atoms with van der Waals surface area (Å²) in [6.07, 6.45) is 3.50. The summed E-state index contributed by atoms with van der Waals surface area (Å²) < 4.78 is 11.4. The van der Waals surface area contributed by atoms with E-state index in [-0.39, 0.29) is 5.60 Å². The molecular formula is C14H29NO2. The second-order valence-corrected chi connectivity index (χ2v) is 5.93. The van der Waals surface area contributed by atoms with Crippen LogP contribution in [0.2, 0.25) is 0 Å². The summed E-state index contributed by atoms with van der Waals surface area (Å²) >= 11 is 0. The minimum atomic E-state index is -0.0443. The average molecular weight is 243 g/mol. The average Bonchev–Trinajstić information content (AvgIpc) is 2.29. The fourth-order valence-corrected chi connectivity index (χ4v) is 2.15. The van der Waals surface area contributed by atoms with Gasteiger partial charge in [0.15, 0.2) is 0 Å². The molecule has 1 unspecified atom stereocenters. The van der Waals surface area contributed by atoms with Gasteiger partial charge in [-0.05, 0) is 52.5 Å². The molecule has 1 aliphatic rings. The van der Waals surface area contributed by atoms with Crippen LogP contribution in [0.1, 0.15) is 47.0 Å². The molecule has 3 nitrogen and oxygen atoms in total. The largest absolute Gasteiger partial charge is 0.381 e. The van der Waals surface area contributed by atoms with E-state index in [1.807, 2.05) is 0 Å². The van der Waals surface area contributed by atoms with E-state index in [1.165, 1.54) is 6.42 Å². The lowest BCUT2D eigenvalue weighted by atomic mass is 9.92. The van der Waals surface area contributed by atoms with E-state index in [2.05, 4.69) is 33.0 Å². The Morgan fingerprint density at radius 1 is 1.29 bits per heavy atom. The van der Waals surface area contributed by atoms with E-state index >= 15 is 0 Å². The van der Waals surface area contributed by atoms with Crippen LogP contribution < -0.4 is 5.32 Å². The first-order valence-electron chi connectivity index (χ1n) is 6.98. The summed E-state index contributed by atoms with van der Waals surface area (Å²) in [5, 5.41) is 3.63. The van der Waals surface area contributed by atoms with Crippen molar-refractivity contribution < 1.29 is 9.47 Å². The highest BCUT2D eigenvalue weighted by Crippen LogP contribution is 2.20. The van der Waals surface area contributed by atoms with Crippen LogP contribution in [0.3, 0.4) is 0 Å². The summed E-state index contributed by atoms with van der Waals surface area (Å²) in [6.45, 7) is 12.3. The lowest BCUT2D eigenvalue weighted by Gasteiger charge is -2.33. The summed E-state index contributed by atoms with van der Waals surface area (Å²) in [5.41, 5.74) is -0.0443. The molecule has 0 aromatic carbocycles. The zero-order chi connectivity index (χ0) is 12.7. The number of hydrogen-bond acceptors (Lipinski definition) is 3. The van der Waals surface area contributed by atoms with Gasteiger partial charge in [0.1, 0.15) is 0 Å². The molecule has 1 rings (SSSR count). The van der Waals surface area contributed by atoms with Crippen LogP contribution in [0, 0.1) is 5.92 Å². The van der Waals surface area contributed by atoms with Crippen molar-refractivity contribution in [2.45, 2.75) is 58.6 Å². The van der Waals surface area contributed by atoms with Gasteiger partial charge in [-0.3, -0.25) is 0 Å². The van der Waals surface area contributed by atoms with Gasteiger partial charge in [0, 0.05) is 19.3 Å². The van der Waals surface area contributed by atoms with Gasteiger partial charge >= 0.3 is 0 Å². The maximum atomic E-state index is 5.94. The predicted octanol–water partition coefficient (Wildman–Crippen LogP) is 2.60. The zero-order valence-electron chi connectivity index (χ0n) is 11.9. The minimum Gasteiger partial charge on any atom is -0.381 e. The van der Waals surface area contributed by atoms with E-state index in [9.17, 15) is 0 Å². The lowest BCUT2D eigenvalue weighted by Crippen LogP contribution is -2.44. The third kappa shape index (κ3) is 6.39. The minimum absolute atomic E-state index is 0.0443. The molecule has 1 atom stereocenters. The highest BCUT2D eigenvalue weighted by Gasteiger charge is 2.25. The van der Waals surface area contributed by atoms with E-state index in [0.717, 1.165) is 39.2 Å². The van der Waals surface area contributed by atoms with Gasteiger partial charge in [-0.25, -0.2) is 0 Å². The summed E-state index contributed by atoms with van der Waals surface area (Å²) in [7, 11) is 0. The fourth-order valence-electron chi connectivity index (χ4n) is 2.15. The topological polar surface area (TPSA) is 30.5 Å². The zero-order valence-corrected chi connectivity index (χ0v) is 11.9. The molecule has 3 heteroatoms. The number of rotatable bonds is 6. The Hall–Kier alpha value is -0.120. The van der Waals surface area contributed by atoms with Gasteiger partial charge < -0.3 is 14.8 Å². The van der Waals surface area contributed by atoms with Crippen LogP contribution in [-0.4, -0.2) is 38.0 Å². The predicted molar refractivity (Wildman–Crippen MR) is 71.3 cm³/mol. The van der Waals surface area contributed by atoms with Crippen LogP contribution in [0.25, 0.3) is 0 Å². The molecule has 1 N–H and O–H groups in total. The summed E-state index contributed by atoms with van der Waals surface area (Å²) in [5.74, 6) is 0.706. The molecule has 0 saturated carbocycles. The Balaban J connectivity index is 2.40. The first kappa shape index (κ1) is 14.9. The van der Waals surface area contributed by atoms with Gasteiger partial charge in [0.2, 0.25) is 0 Å². The first-order valence-corrected chi connectivity index (χ1v) is 6.98. The Morgan fingerprint density at radius 2 is 1.94 bits per heavy atom. The molecule has 102 valence electrons. The molecule has 0 aliphatic carbocycles. The first-order chi connectivity index (χ1) is 8.03. The van der Waals surface area contributed by atoms with E-state index in [1.54, 1.807) is 0 Å². The van der Waals surface area contributed by atoms with Crippen LogP contribution in [0.15, 0.2) is 0 Å². The number of nitrogens with one attached hydrogen (secondary N) is 1. The van der Waals surface area contributed by atoms with Crippen molar-refractivity contribution in [2.75, 3.05) is 26.4 Å². The summed E-state index contributed by atoms with van der Waals surface area (Å²) in [4.78, 5) is 0. The standard InChI is InChI=1S/C14H29NO2/c1-5-8-15-13(11-17-14(2,3)4)12-6-9-16-10-7-12/h12-13,15H,5-11H2,1-4H3. The molecule has 1 fully saturated rings. The number of hydrogen-bond donors (Lipinski definition) is 1. The smallest absolute Gasteiger partial charge is 0.0629 e. The van der Waals surface area contributed by atoms with Gasteiger partial charge in [0.05, 0.1) is 12.2 Å². The van der Waals surface area contributed by atoms with Crippen molar-refractivity contribution in [3.63, 3.8) is 0 Å². The van der Waals surface area contributed by atoms with Crippen LogP contribution in [-0.2, 0) is 9.47 Å². The van der Waals surface area contributed by atoms with Crippen LogP contribution in [0.4, 0.5) is 0 Å². The van der Waals surface area contributed by atoms with Crippen molar-refractivity contribution in [3.8, 4) is 0 Å². The van der Waals surface area contributed by atoms with Gasteiger partial charge in [-0.1, -0.05) is 6.92 Å². The van der Waals surface area contributed by atoms with Crippen LogP contribution in [0.5, 0.6) is 0 Å². The molecule has 1 saturated heterocycles. The van der Waals surface area contributed by atoms with Crippen molar-refractivity contribution in [3.05, 3.63) is 0 Å². The molecule has 0 radical (unpaired) electrons. The summed E-state index contributed by atoms with van der Waals surface area (Å²) in [6, 6.07) is 0.484. The van der Waals surface area contributed by atoms with E-state index < -0.39 is 0 Å². The Kier molecular flexibility index (Phi) is 6.45. The fraction of sp³-hybridized carbons (Fsp3) is 1.00. The van der Waals surface area contributed by atoms with Gasteiger partial charge in [-0.15, -0.1) is 0 Å². The SMILES string of the molecule is CCCNC(COC(C)(C)C)C1CCOCC1. The monoisotopic (exact) mass is 243 g/mol. The Morgan fingerprint density at radius 3 is 2.47 bits per heavy atom. The van der Waals surface area contributed by atoms with Crippen molar-refractivity contribution >= 4 is 0 Å². The quantitative estimate of drug-likeness (QED) is 0.778. The highest BCUT2D eigenvalue weighted by atomic mass is 16.5. The molecule has 1 aliphatic heterocycles. The normalized spacial score (nSPS) is 20.5. The van der Waals surface area contributed by atoms with E-state index in [4.69, 9.17) is 9.47 Å². The molecule has 17 heavy (non-hydrogen) atoms. The van der Waals surface area contributed by atoms with Crippen LogP contribution >= 0.6 is 0 Å². The second-order valence-electron chi connectivity index (χ2n) is 5.93.